The Bertz CT molecular complexity index is 938. The molecule has 0 unspecified atom stereocenters. The fraction of sp³-hybridized carbons (Fsp3) is 0.0476. The van der Waals surface area contributed by atoms with E-state index in [1.165, 1.54) is 27.7 Å². The highest BCUT2D eigenvalue weighted by Crippen LogP contribution is 2.30. The summed E-state index contributed by atoms with van der Waals surface area (Å²) in [7, 11) is 0. The van der Waals surface area contributed by atoms with Gasteiger partial charge in [-0.15, -0.1) is 0 Å². The van der Waals surface area contributed by atoms with Gasteiger partial charge in [0.1, 0.15) is 0 Å². The van der Waals surface area contributed by atoms with Crippen molar-refractivity contribution in [1.82, 2.24) is 4.57 Å². The summed E-state index contributed by atoms with van der Waals surface area (Å²) in [6, 6.07) is 29.4. The number of hydrogen-bond donors (Lipinski definition) is 1. The van der Waals surface area contributed by atoms with Gasteiger partial charge in [-0.1, -0.05) is 60.7 Å². The van der Waals surface area contributed by atoms with Gasteiger partial charge < -0.3 is 10.3 Å². The van der Waals surface area contributed by atoms with E-state index in [0.717, 1.165) is 12.2 Å². The van der Waals surface area contributed by atoms with Crippen molar-refractivity contribution in [2.24, 2.45) is 0 Å². The summed E-state index contributed by atoms with van der Waals surface area (Å²) in [6.45, 7) is 0.846. The van der Waals surface area contributed by atoms with Gasteiger partial charge in [0, 0.05) is 28.8 Å². The molecule has 0 aliphatic heterocycles. The number of nitrogens with two attached hydrogens (primary N) is 1. The number of nitrogens with zero attached hydrogens (tertiary/aromatic N) is 1. The third-order valence-electron chi connectivity index (χ3n) is 4.18. The summed E-state index contributed by atoms with van der Waals surface area (Å²) in [5.74, 6) is 0. The molecule has 1 heterocycles. The smallest absolute Gasteiger partial charge is 0.0494 e. The quantitative estimate of drug-likeness (QED) is 0.534. The number of anilines is 1. The Morgan fingerprint density at radius 2 is 1.43 bits per heavy atom. The zero-order valence-electron chi connectivity index (χ0n) is 12.8. The van der Waals surface area contributed by atoms with E-state index in [4.69, 9.17) is 5.73 Å². The monoisotopic (exact) mass is 298 g/mol. The maximum Gasteiger partial charge on any atom is 0.0494 e. The maximum atomic E-state index is 5.97. The van der Waals surface area contributed by atoms with Gasteiger partial charge in [-0.2, -0.15) is 0 Å². The molecule has 23 heavy (non-hydrogen) atoms. The molecule has 0 aliphatic rings. The molecule has 4 rings (SSSR count). The zero-order valence-corrected chi connectivity index (χ0v) is 12.8. The predicted octanol–water partition coefficient (Wildman–Crippen LogP) is 4.94. The number of nitrogen functional groups attached to an aromatic ring is 1. The summed E-state index contributed by atoms with van der Waals surface area (Å²) in [5.41, 5.74) is 11.7. The minimum Gasteiger partial charge on any atom is -0.399 e. The molecule has 2 heteroatoms. The van der Waals surface area contributed by atoms with Crippen LogP contribution in [0.25, 0.3) is 22.2 Å². The summed E-state index contributed by atoms with van der Waals surface area (Å²) in [4.78, 5) is 0. The molecule has 0 radical (unpaired) electrons. The van der Waals surface area contributed by atoms with Crippen LogP contribution in [0.1, 0.15) is 5.56 Å². The van der Waals surface area contributed by atoms with Crippen molar-refractivity contribution in [3.05, 3.63) is 90.5 Å². The SMILES string of the molecule is Nc1ccc2c(c1)cc(-c1ccccc1)n2Cc1ccccc1. The Kier molecular flexibility index (Phi) is 3.35. The molecule has 112 valence electrons. The maximum absolute atomic E-state index is 5.97. The van der Waals surface area contributed by atoms with Gasteiger partial charge >= 0.3 is 0 Å². The first kappa shape index (κ1) is 13.6. The Balaban J connectivity index is 1.92. The Morgan fingerprint density at radius 3 is 2.17 bits per heavy atom. The van der Waals surface area contributed by atoms with E-state index in [9.17, 15) is 0 Å². The summed E-state index contributed by atoms with van der Waals surface area (Å²) in [6.07, 6.45) is 0. The first-order valence-corrected chi connectivity index (χ1v) is 7.79. The van der Waals surface area contributed by atoms with E-state index in [2.05, 4.69) is 71.3 Å². The summed E-state index contributed by atoms with van der Waals surface area (Å²) >= 11 is 0. The van der Waals surface area contributed by atoms with Crippen molar-refractivity contribution in [3.63, 3.8) is 0 Å². The Labute approximate surface area is 135 Å². The second-order valence-electron chi connectivity index (χ2n) is 5.79. The van der Waals surface area contributed by atoms with Crippen LogP contribution in [0.5, 0.6) is 0 Å². The van der Waals surface area contributed by atoms with E-state index < -0.39 is 0 Å². The zero-order chi connectivity index (χ0) is 15.6. The first-order valence-electron chi connectivity index (χ1n) is 7.79. The van der Waals surface area contributed by atoms with Crippen LogP contribution in [0.3, 0.4) is 0 Å². The molecule has 0 aliphatic carbocycles. The van der Waals surface area contributed by atoms with Crippen LogP contribution >= 0.6 is 0 Å². The summed E-state index contributed by atoms with van der Waals surface area (Å²) in [5, 5.41) is 1.18. The van der Waals surface area contributed by atoms with Crippen molar-refractivity contribution in [1.29, 1.82) is 0 Å². The molecule has 2 N–H and O–H groups in total. The molecule has 2 nitrogen and oxygen atoms in total. The van der Waals surface area contributed by atoms with Crippen molar-refractivity contribution in [2.45, 2.75) is 6.54 Å². The average Bonchev–Trinajstić information content (AvgIpc) is 2.94. The van der Waals surface area contributed by atoms with Gasteiger partial charge in [0.25, 0.3) is 0 Å². The predicted molar refractivity (Wildman–Crippen MR) is 97.3 cm³/mol. The van der Waals surface area contributed by atoms with Crippen LogP contribution in [0, 0.1) is 0 Å². The minimum absolute atomic E-state index is 0.800. The largest absolute Gasteiger partial charge is 0.399 e. The Hall–Kier alpha value is -3.00. The fourth-order valence-corrected chi connectivity index (χ4v) is 3.07. The second-order valence-corrected chi connectivity index (χ2v) is 5.79. The van der Waals surface area contributed by atoms with Crippen LogP contribution in [0.4, 0.5) is 5.69 Å². The highest BCUT2D eigenvalue weighted by molar-refractivity contribution is 5.89. The van der Waals surface area contributed by atoms with Gasteiger partial charge in [0.2, 0.25) is 0 Å². The lowest BCUT2D eigenvalue weighted by Crippen LogP contribution is -2.01. The molecule has 0 bridgehead atoms. The van der Waals surface area contributed by atoms with Crippen LogP contribution in [-0.4, -0.2) is 4.57 Å². The molecule has 0 atom stereocenters. The number of aromatic nitrogens is 1. The first-order chi connectivity index (χ1) is 11.3. The van der Waals surface area contributed by atoms with Crippen LogP contribution in [-0.2, 0) is 6.54 Å². The lowest BCUT2D eigenvalue weighted by atomic mass is 10.1. The van der Waals surface area contributed by atoms with Gasteiger partial charge in [-0.05, 0) is 35.4 Å². The highest BCUT2D eigenvalue weighted by Gasteiger charge is 2.11. The van der Waals surface area contributed by atoms with Gasteiger partial charge in [-0.25, -0.2) is 0 Å². The summed E-state index contributed by atoms with van der Waals surface area (Å²) < 4.78 is 2.36. The van der Waals surface area contributed by atoms with Crippen molar-refractivity contribution < 1.29 is 0 Å². The van der Waals surface area contributed by atoms with Crippen molar-refractivity contribution >= 4 is 16.6 Å². The second kappa shape index (κ2) is 5.65. The molecule has 0 fully saturated rings. The molecule has 0 saturated heterocycles. The molecular formula is C21H18N2. The Morgan fingerprint density at radius 1 is 0.739 bits per heavy atom. The highest BCUT2D eigenvalue weighted by atomic mass is 15.0. The van der Waals surface area contributed by atoms with E-state index in [1.54, 1.807) is 0 Å². The van der Waals surface area contributed by atoms with Crippen LogP contribution in [0.15, 0.2) is 84.9 Å². The van der Waals surface area contributed by atoms with Crippen LogP contribution < -0.4 is 5.73 Å². The van der Waals surface area contributed by atoms with Crippen molar-refractivity contribution in [3.8, 4) is 11.3 Å². The molecule has 0 spiro atoms. The van der Waals surface area contributed by atoms with Crippen LogP contribution in [0.2, 0.25) is 0 Å². The standard InChI is InChI=1S/C21H18N2/c22-19-11-12-20-18(13-19)14-21(17-9-5-2-6-10-17)23(20)15-16-7-3-1-4-8-16/h1-14H,15,22H2. The molecule has 0 amide bonds. The van der Waals surface area contributed by atoms with E-state index in [1.807, 2.05) is 18.2 Å². The molecule has 1 aromatic heterocycles. The fourth-order valence-electron chi connectivity index (χ4n) is 3.07. The van der Waals surface area contributed by atoms with Gasteiger partial charge in [0.05, 0.1) is 0 Å². The topological polar surface area (TPSA) is 30.9 Å². The lowest BCUT2D eigenvalue weighted by Gasteiger charge is -2.11. The molecule has 3 aromatic carbocycles. The minimum atomic E-state index is 0.800. The lowest BCUT2D eigenvalue weighted by molar-refractivity contribution is 0.845. The van der Waals surface area contributed by atoms with E-state index >= 15 is 0 Å². The van der Waals surface area contributed by atoms with E-state index in [0.29, 0.717) is 0 Å². The molecule has 4 aromatic rings. The normalized spacial score (nSPS) is 11.0. The third kappa shape index (κ3) is 2.59. The number of benzene rings is 3. The number of rotatable bonds is 3. The average molecular weight is 298 g/mol. The molecular weight excluding hydrogens is 280 g/mol. The van der Waals surface area contributed by atoms with Gasteiger partial charge in [-0.3, -0.25) is 0 Å². The molecule has 0 saturated carbocycles. The number of fused-ring (bicyclic) bond motifs is 1. The number of hydrogen-bond acceptors (Lipinski definition) is 1. The van der Waals surface area contributed by atoms with E-state index in [-0.39, 0.29) is 0 Å². The van der Waals surface area contributed by atoms with Gasteiger partial charge in [0.15, 0.2) is 0 Å². The van der Waals surface area contributed by atoms with Crippen molar-refractivity contribution in [2.75, 3.05) is 5.73 Å². The third-order valence-corrected chi connectivity index (χ3v) is 4.18.